The largest absolute Gasteiger partial charge is 0.488 e. The van der Waals surface area contributed by atoms with Gasteiger partial charge in [0.15, 0.2) is 0 Å². The Labute approximate surface area is 83.7 Å². The van der Waals surface area contributed by atoms with Crippen LogP contribution < -0.4 is 0 Å². The summed E-state index contributed by atoms with van der Waals surface area (Å²) in [6, 6.07) is 0. The van der Waals surface area contributed by atoms with Crippen molar-refractivity contribution in [2.45, 2.75) is 19.8 Å². The summed E-state index contributed by atoms with van der Waals surface area (Å²) in [5, 5.41) is 21.9. The molecule has 4 nitrogen and oxygen atoms in total. The summed E-state index contributed by atoms with van der Waals surface area (Å²) in [7, 11) is 0.0948. The molecule has 0 spiro atoms. The highest BCUT2D eigenvalue weighted by Crippen LogP contribution is 2.21. The monoisotopic (exact) mass is 195 g/mol. The number of nitrogens with zero attached hydrogens (tertiary/aromatic N) is 1. The van der Waals surface area contributed by atoms with Crippen LogP contribution in [0.4, 0.5) is 0 Å². The van der Waals surface area contributed by atoms with Crippen molar-refractivity contribution < 1.29 is 14.9 Å². The highest BCUT2D eigenvalue weighted by molar-refractivity contribution is 6.52. The maximum Gasteiger partial charge on any atom is 0.488 e. The van der Waals surface area contributed by atoms with Gasteiger partial charge in [-0.3, -0.25) is 0 Å². The molecule has 1 rings (SSSR count). The molecular weight excluding hydrogens is 181 g/mol. The van der Waals surface area contributed by atoms with Gasteiger partial charge < -0.3 is 14.9 Å². The molecule has 0 amide bonds. The summed E-state index contributed by atoms with van der Waals surface area (Å²) in [5.41, 5.74) is 2.36. The van der Waals surface area contributed by atoms with Crippen LogP contribution in [0.25, 0.3) is 0 Å². The maximum atomic E-state index is 9.07. The van der Waals surface area contributed by atoms with E-state index < -0.39 is 7.12 Å². The lowest BCUT2D eigenvalue weighted by molar-refractivity contribution is 0.213. The van der Waals surface area contributed by atoms with Gasteiger partial charge in [-0.05, 0) is 18.0 Å². The number of allylic oxidation sites excluding steroid dienone is 4. The molecule has 0 atom stereocenters. The van der Waals surface area contributed by atoms with Crippen molar-refractivity contribution in [3.8, 4) is 0 Å². The Hall–Kier alpha value is -1.07. The molecule has 0 radical (unpaired) electrons. The van der Waals surface area contributed by atoms with Crippen LogP contribution in [-0.4, -0.2) is 30.0 Å². The van der Waals surface area contributed by atoms with E-state index in [9.17, 15) is 0 Å². The zero-order valence-electron chi connectivity index (χ0n) is 8.40. The van der Waals surface area contributed by atoms with Crippen LogP contribution >= 0.6 is 0 Å². The van der Waals surface area contributed by atoms with E-state index >= 15 is 0 Å². The first kappa shape index (κ1) is 11.0. The molecule has 0 saturated heterocycles. The quantitative estimate of drug-likeness (QED) is 0.513. The molecule has 1 aliphatic rings. The van der Waals surface area contributed by atoms with Crippen molar-refractivity contribution in [3.05, 3.63) is 23.2 Å². The first-order chi connectivity index (χ1) is 6.69. The van der Waals surface area contributed by atoms with E-state index in [1.165, 1.54) is 7.11 Å². The zero-order valence-corrected chi connectivity index (χ0v) is 8.40. The van der Waals surface area contributed by atoms with Gasteiger partial charge in [0.2, 0.25) is 0 Å². The molecule has 2 N–H and O–H groups in total. The van der Waals surface area contributed by atoms with Crippen molar-refractivity contribution in [2.75, 3.05) is 7.11 Å². The third kappa shape index (κ3) is 2.46. The summed E-state index contributed by atoms with van der Waals surface area (Å²) in [4.78, 5) is 4.66. The fraction of sp³-hybridized carbons (Fsp3) is 0.444. The number of hydrogen-bond donors (Lipinski definition) is 2. The summed E-state index contributed by atoms with van der Waals surface area (Å²) >= 11 is 0. The standard InChI is InChI=1S/C9H14BNO3/c1-3-7-6-8(11-14-2)4-5-9(7)10(12)13/h4-5,12-13H,3,6H2,1-2H3. The minimum atomic E-state index is -1.40. The lowest BCUT2D eigenvalue weighted by Gasteiger charge is -2.14. The zero-order chi connectivity index (χ0) is 10.6. The molecule has 0 unspecified atom stereocenters. The third-order valence-corrected chi connectivity index (χ3v) is 2.17. The van der Waals surface area contributed by atoms with Gasteiger partial charge >= 0.3 is 7.12 Å². The average Bonchev–Trinajstić information content (AvgIpc) is 2.17. The van der Waals surface area contributed by atoms with Crippen molar-refractivity contribution in [1.29, 1.82) is 0 Å². The van der Waals surface area contributed by atoms with E-state index in [2.05, 4.69) is 9.99 Å². The molecule has 0 aromatic carbocycles. The Kier molecular flexibility index (Phi) is 3.91. The van der Waals surface area contributed by atoms with Gasteiger partial charge in [0, 0.05) is 6.42 Å². The second kappa shape index (κ2) is 4.98. The normalized spacial score (nSPS) is 19.0. The van der Waals surface area contributed by atoms with Gasteiger partial charge in [0.1, 0.15) is 7.11 Å². The molecule has 0 aromatic heterocycles. The van der Waals surface area contributed by atoms with E-state index in [0.717, 1.165) is 17.7 Å². The summed E-state index contributed by atoms with van der Waals surface area (Å²) in [6.45, 7) is 1.97. The Morgan fingerprint density at radius 3 is 2.71 bits per heavy atom. The van der Waals surface area contributed by atoms with Gasteiger partial charge in [-0.25, -0.2) is 0 Å². The number of rotatable bonds is 3. The topological polar surface area (TPSA) is 62.0 Å². The second-order valence-corrected chi connectivity index (χ2v) is 3.06. The van der Waals surface area contributed by atoms with Crippen LogP contribution in [0.15, 0.2) is 28.4 Å². The number of hydrogen-bond acceptors (Lipinski definition) is 4. The van der Waals surface area contributed by atoms with Crippen LogP contribution in [0.1, 0.15) is 19.8 Å². The second-order valence-electron chi connectivity index (χ2n) is 3.06. The SMILES string of the molecule is CCC1=C(B(O)O)C=CC(=NOC)C1. The van der Waals surface area contributed by atoms with E-state index in [1.54, 1.807) is 12.2 Å². The maximum absolute atomic E-state index is 9.07. The lowest BCUT2D eigenvalue weighted by atomic mass is 9.72. The van der Waals surface area contributed by atoms with Crippen LogP contribution in [0.5, 0.6) is 0 Å². The highest BCUT2D eigenvalue weighted by Gasteiger charge is 2.20. The van der Waals surface area contributed by atoms with E-state index in [4.69, 9.17) is 10.0 Å². The van der Waals surface area contributed by atoms with Crippen LogP contribution in [0, 0.1) is 0 Å². The lowest BCUT2D eigenvalue weighted by Crippen LogP contribution is -2.19. The van der Waals surface area contributed by atoms with E-state index in [0.29, 0.717) is 11.9 Å². The molecule has 76 valence electrons. The van der Waals surface area contributed by atoms with E-state index in [1.807, 2.05) is 6.92 Å². The summed E-state index contributed by atoms with van der Waals surface area (Å²) in [5.74, 6) is 0. The Morgan fingerprint density at radius 2 is 2.21 bits per heavy atom. The molecule has 0 heterocycles. The molecule has 5 heteroatoms. The van der Waals surface area contributed by atoms with Gasteiger partial charge in [0.25, 0.3) is 0 Å². The minimum Gasteiger partial charge on any atom is -0.423 e. The van der Waals surface area contributed by atoms with Crippen molar-refractivity contribution >= 4 is 12.8 Å². The van der Waals surface area contributed by atoms with Gasteiger partial charge in [-0.15, -0.1) is 0 Å². The minimum absolute atomic E-state index is 0.572. The van der Waals surface area contributed by atoms with Gasteiger partial charge in [0.05, 0.1) is 5.71 Å². The molecule has 0 bridgehead atoms. The fourth-order valence-corrected chi connectivity index (χ4v) is 1.46. The molecular formula is C9H14BNO3. The Morgan fingerprint density at radius 1 is 1.50 bits per heavy atom. The van der Waals surface area contributed by atoms with Crippen LogP contribution in [0.3, 0.4) is 0 Å². The first-order valence-corrected chi connectivity index (χ1v) is 4.55. The van der Waals surface area contributed by atoms with Crippen molar-refractivity contribution in [3.63, 3.8) is 0 Å². The van der Waals surface area contributed by atoms with Crippen molar-refractivity contribution in [1.82, 2.24) is 0 Å². The first-order valence-electron chi connectivity index (χ1n) is 4.55. The number of oxime groups is 1. The Bertz CT molecular complexity index is 294. The van der Waals surface area contributed by atoms with Crippen LogP contribution in [0.2, 0.25) is 0 Å². The third-order valence-electron chi connectivity index (χ3n) is 2.17. The highest BCUT2D eigenvalue weighted by atomic mass is 16.6. The van der Waals surface area contributed by atoms with Gasteiger partial charge in [-0.1, -0.05) is 23.7 Å². The Balaban J connectivity index is 2.88. The molecule has 0 aromatic rings. The predicted octanol–water partition coefficient (Wildman–Crippen LogP) is 0.667. The van der Waals surface area contributed by atoms with Crippen molar-refractivity contribution in [2.24, 2.45) is 5.16 Å². The predicted molar refractivity (Wildman–Crippen MR) is 55.7 cm³/mol. The van der Waals surface area contributed by atoms with Gasteiger partial charge in [-0.2, -0.15) is 0 Å². The molecule has 1 aliphatic carbocycles. The summed E-state index contributed by atoms with van der Waals surface area (Å²) in [6.07, 6.45) is 4.80. The fourth-order valence-electron chi connectivity index (χ4n) is 1.46. The summed E-state index contributed by atoms with van der Waals surface area (Å²) < 4.78 is 0. The smallest absolute Gasteiger partial charge is 0.423 e. The molecule has 0 fully saturated rings. The molecule has 0 saturated carbocycles. The van der Waals surface area contributed by atoms with E-state index in [-0.39, 0.29) is 0 Å². The van der Waals surface area contributed by atoms with Crippen LogP contribution in [-0.2, 0) is 4.84 Å². The molecule has 14 heavy (non-hydrogen) atoms. The average molecular weight is 195 g/mol. The molecule has 0 aliphatic heterocycles.